The highest BCUT2D eigenvalue weighted by Gasteiger charge is 2.24. The van der Waals surface area contributed by atoms with Gasteiger partial charge in [0.2, 0.25) is 12.6 Å². The predicted molar refractivity (Wildman–Crippen MR) is 116 cm³/mol. The van der Waals surface area contributed by atoms with Crippen LogP contribution in [0.25, 0.3) is 0 Å². The fourth-order valence-electron chi connectivity index (χ4n) is 3.32. The first kappa shape index (κ1) is 26.1. The summed E-state index contributed by atoms with van der Waals surface area (Å²) in [5.74, 6) is -1.46. The van der Waals surface area contributed by atoms with Crippen molar-refractivity contribution in [3.05, 3.63) is 35.4 Å². The van der Waals surface area contributed by atoms with Crippen LogP contribution in [0.1, 0.15) is 99.8 Å². The molecule has 0 heterocycles. The number of unbranched alkanes of at least 4 members (excludes halogenated alkanes) is 2. The van der Waals surface area contributed by atoms with Gasteiger partial charge in [-0.3, -0.25) is 0 Å². The normalized spacial score (nSPS) is 15.1. The second-order valence-corrected chi connectivity index (χ2v) is 7.79. The van der Waals surface area contributed by atoms with Crippen molar-refractivity contribution in [1.82, 2.24) is 0 Å². The Morgan fingerprint density at radius 1 is 0.733 bits per heavy atom. The molecule has 0 aromatic heterocycles. The van der Waals surface area contributed by atoms with Crippen molar-refractivity contribution in [2.24, 2.45) is 11.8 Å². The average molecular weight is 423 g/mol. The smallest absolute Gasteiger partial charge is 0.340 e. The lowest BCUT2D eigenvalue weighted by atomic mass is 9.99. The van der Waals surface area contributed by atoms with Crippen LogP contribution in [0.5, 0.6) is 0 Å². The van der Waals surface area contributed by atoms with E-state index in [1.807, 2.05) is 13.8 Å². The van der Waals surface area contributed by atoms with Gasteiger partial charge in [-0.1, -0.05) is 53.4 Å². The number of rotatable bonds is 14. The Hall–Kier alpha value is -1.92. The van der Waals surface area contributed by atoms with Gasteiger partial charge in [0, 0.05) is 11.8 Å². The number of carbonyl (C=O) groups excluding carboxylic acids is 2. The summed E-state index contributed by atoms with van der Waals surface area (Å²) < 4.78 is 10.4. The van der Waals surface area contributed by atoms with Crippen LogP contribution in [0, 0.1) is 11.8 Å². The van der Waals surface area contributed by atoms with E-state index in [0.717, 1.165) is 51.4 Å². The van der Waals surface area contributed by atoms with Gasteiger partial charge in [0.1, 0.15) is 0 Å². The molecule has 0 saturated carbocycles. The molecule has 1 aromatic carbocycles. The van der Waals surface area contributed by atoms with E-state index in [2.05, 4.69) is 13.8 Å². The maximum Gasteiger partial charge on any atom is 0.340 e. The lowest BCUT2D eigenvalue weighted by molar-refractivity contribution is -0.102. The minimum absolute atomic E-state index is 0.0936. The van der Waals surface area contributed by atoms with E-state index >= 15 is 0 Å². The van der Waals surface area contributed by atoms with Crippen LogP contribution in [-0.2, 0) is 9.47 Å². The Morgan fingerprint density at radius 2 is 1.07 bits per heavy atom. The molecule has 0 fully saturated rings. The first-order chi connectivity index (χ1) is 14.4. The second kappa shape index (κ2) is 14.1. The Kier molecular flexibility index (Phi) is 12.3. The molecule has 0 aliphatic carbocycles. The molecule has 0 spiro atoms. The summed E-state index contributed by atoms with van der Waals surface area (Å²) in [6.45, 7) is 8.06. The molecular formula is C24H38O6. The zero-order valence-electron chi connectivity index (χ0n) is 18.8. The summed E-state index contributed by atoms with van der Waals surface area (Å²) in [7, 11) is 0. The molecule has 0 saturated heterocycles. The highest BCUT2D eigenvalue weighted by atomic mass is 16.6. The summed E-state index contributed by atoms with van der Waals surface area (Å²) in [6.07, 6.45) is 4.70. The highest BCUT2D eigenvalue weighted by Crippen LogP contribution is 2.21. The molecule has 0 aliphatic rings. The zero-order valence-corrected chi connectivity index (χ0v) is 18.8. The topological polar surface area (TPSA) is 93.1 Å². The lowest BCUT2D eigenvalue weighted by Crippen LogP contribution is -2.27. The molecular weight excluding hydrogens is 384 g/mol. The number of aliphatic hydroxyl groups excluding tert-OH is 2. The fourth-order valence-corrected chi connectivity index (χ4v) is 3.32. The molecule has 0 radical (unpaired) electrons. The van der Waals surface area contributed by atoms with Crippen molar-refractivity contribution in [1.29, 1.82) is 0 Å². The van der Waals surface area contributed by atoms with Gasteiger partial charge < -0.3 is 19.7 Å². The van der Waals surface area contributed by atoms with E-state index in [4.69, 9.17) is 9.47 Å². The van der Waals surface area contributed by atoms with Gasteiger partial charge >= 0.3 is 11.9 Å². The molecule has 0 amide bonds. The van der Waals surface area contributed by atoms with Crippen LogP contribution in [0.4, 0.5) is 0 Å². The summed E-state index contributed by atoms with van der Waals surface area (Å²) >= 11 is 0. The van der Waals surface area contributed by atoms with Crippen molar-refractivity contribution in [3.63, 3.8) is 0 Å². The Labute approximate surface area is 180 Å². The maximum absolute atomic E-state index is 12.3. The van der Waals surface area contributed by atoms with Crippen LogP contribution in [0.15, 0.2) is 24.3 Å². The fraction of sp³-hybridized carbons (Fsp3) is 0.667. The third-order valence-electron chi connectivity index (χ3n) is 5.52. The van der Waals surface area contributed by atoms with E-state index in [-0.39, 0.29) is 23.0 Å². The Bertz CT molecular complexity index is 572. The molecule has 2 N–H and O–H groups in total. The van der Waals surface area contributed by atoms with Gasteiger partial charge in [0.15, 0.2) is 0 Å². The van der Waals surface area contributed by atoms with Crippen molar-refractivity contribution in [3.8, 4) is 0 Å². The average Bonchev–Trinajstić information content (AvgIpc) is 2.74. The molecule has 4 unspecified atom stereocenters. The largest absolute Gasteiger partial charge is 0.432 e. The van der Waals surface area contributed by atoms with Crippen LogP contribution in [-0.4, -0.2) is 34.7 Å². The third-order valence-corrected chi connectivity index (χ3v) is 5.52. The predicted octanol–water partition coefficient (Wildman–Crippen LogP) is 5.07. The molecule has 1 rings (SSSR count). The van der Waals surface area contributed by atoms with E-state index in [0.29, 0.717) is 0 Å². The van der Waals surface area contributed by atoms with Gasteiger partial charge in [0.25, 0.3) is 0 Å². The monoisotopic (exact) mass is 422 g/mol. The van der Waals surface area contributed by atoms with Crippen LogP contribution in [0.2, 0.25) is 0 Å². The first-order valence-electron chi connectivity index (χ1n) is 11.3. The highest BCUT2D eigenvalue weighted by molar-refractivity contribution is 5.93. The van der Waals surface area contributed by atoms with Crippen molar-refractivity contribution in [2.75, 3.05) is 0 Å². The van der Waals surface area contributed by atoms with Crippen molar-refractivity contribution in [2.45, 2.75) is 91.6 Å². The number of carbonyl (C=O) groups is 2. The van der Waals surface area contributed by atoms with E-state index in [1.54, 1.807) is 0 Å². The van der Waals surface area contributed by atoms with Crippen LogP contribution < -0.4 is 0 Å². The summed E-state index contributed by atoms with van der Waals surface area (Å²) in [6, 6.07) is 5.83. The molecule has 6 heteroatoms. The molecule has 0 aliphatic heterocycles. The van der Waals surface area contributed by atoms with E-state index in [1.165, 1.54) is 24.3 Å². The standard InChI is InChI=1S/C24H38O6/c1-5-9-11-17(7-3)21(25)29-23(27)19-13-15-20(16-14-19)24(28)30-22(26)18(8-4)12-10-6-2/h13-18,21-22,25-26H,5-12H2,1-4H3. The van der Waals surface area contributed by atoms with Gasteiger partial charge in [-0.25, -0.2) is 9.59 Å². The van der Waals surface area contributed by atoms with Gasteiger partial charge in [0.05, 0.1) is 11.1 Å². The SMILES string of the molecule is CCCCC(CC)C(O)OC(=O)c1ccc(C(=O)OC(O)C(CC)CCCC)cc1. The van der Waals surface area contributed by atoms with Gasteiger partial charge in [-0.15, -0.1) is 0 Å². The van der Waals surface area contributed by atoms with E-state index in [9.17, 15) is 19.8 Å². The minimum atomic E-state index is -1.15. The molecule has 6 nitrogen and oxygen atoms in total. The van der Waals surface area contributed by atoms with Crippen molar-refractivity contribution >= 4 is 11.9 Å². The molecule has 170 valence electrons. The van der Waals surface area contributed by atoms with Crippen molar-refractivity contribution < 1.29 is 29.3 Å². The zero-order chi connectivity index (χ0) is 22.5. The molecule has 30 heavy (non-hydrogen) atoms. The number of aliphatic hydroxyl groups is 2. The van der Waals surface area contributed by atoms with E-state index < -0.39 is 24.5 Å². The number of hydrogen-bond donors (Lipinski definition) is 2. The molecule has 4 atom stereocenters. The number of benzene rings is 1. The Balaban J connectivity index is 2.66. The second-order valence-electron chi connectivity index (χ2n) is 7.79. The number of esters is 2. The minimum Gasteiger partial charge on any atom is -0.432 e. The maximum atomic E-state index is 12.3. The number of ether oxygens (including phenoxy) is 2. The number of hydrogen-bond acceptors (Lipinski definition) is 6. The lowest BCUT2D eigenvalue weighted by Gasteiger charge is -2.22. The molecule has 1 aromatic rings. The summed E-state index contributed by atoms with van der Waals surface area (Å²) in [4.78, 5) is 24.6. The van der Waals surface area contributed by atoms with Crippen LogP contribution >= 0.6 is 0 Å². The third kappa shape index (κ3) is 8.44. The van der Waals surface area contributed by atoms with Gasteiger partial charge in [-0.05, 0) is 49.9 Å². The molecule has 0 bridgehead atoms. The van der Waals surface area contributed by atoms with Crippen LogP contribution in [0.3, 0.4) is 0 Å². The Morgan fingerprint density at radius 3 is 1.33 bits per heavy atom. The van der Waals surface area contributed by atoms with Gasteiger partial charge in [-0.2, -0.15) is 0 Å². The first-order valence-corrected chi connectivity index (χ1v) is 11.3. The summed E-state index contributed by atoms with van der Waals surface area (Å²) in [5, 5.41) is 20.4. The quantitative estimate of drug-likeness (QED) is 0.321. The summed E-state index contributed by atoms with van der Waals surface area (Å²) in [5.41, 5.74) is 0.483.